The van der Waals surface area contributed by atoms with E-state index in [0.29, 0.717) is 28.6 Å². The van der Waals surface area contributed by atoms with Gasteiger partial charge in [-0.25, -0.2) is 13.1 Å². The molecule has 10 heteroatoms. The summed E-state index contributed by atoms with van der Waals surface area (Å²) in [6, 6.07) is 13.9. The quantitative estimate of drug-likeness (QED) is 0.401. The zero-order valence-corrected chi connectivity index (χ0v) is 18.7. The van der Waals surface area contributed by atoms with Crippen molar-refractivity contribution in [2.24, 2.45) is 0 Å². The van der Waals surface area contributed by atoms with Crippen LogP contribution >= 0.6 is 15.9 Å². The minimum absolute atomic E-state index is 0.169. The van der Waals surface area contributed by atoms with Crippen LogP contribution in [0.1, 0.15) is 25.7 Å². The predicted octanol–water partition coefficient (Wildman–Crippen LogP) is 4.37. The van der Waals surface area contributed by atoms with Crippen LogP contribution in [0.5, 0.6) is 11.8 Å². The number of halogens is 1. The normalized spacial score (nSPS) is 12.9. The van der Waals surface area contributed by atoms with Crippen LogP contribution in [0, 0.1) is 0 Å². The van der Waals surface area contributed by atoms with Crippen LogP contribution < -0.4 is 9.46 Å². The first-order chi connectivity index (χ1) is 14.4. The van der Waals surface area contributed by atoms with Crippen LogP contribution in [0.25, 0.3) is 10.9 Å². The van der Waals surface area contributed by atoms with E-state index in [0.717, 1.165) is 10.9 Å². The van der Waals surface area contributed by atoms with Crippen molar-refractivity contribution < 1.29 is 13.2 Å². The van der Waals surface area contributed by atoms with Crippen LogP contribution in [-0.4, -0.2) is 28.2 Å². The molecule has 156 valence electrons. The average molecular weight is 490 g/mol. The highest BCUT2D eigenvalue weighted by Crippen LogP contribution is 2.26. The maximum Gasteiger partial charge on any atom is 0.322 e. The molecular formula is C20H20BrN5O3S. The molecule has 0 bridgehead atoms. The Kier molecular flexibility index (Phi) is 5.63. The first-order valence-corrected chi connectivity index (χ1v) is 11.6. The van der Waals surface area contributed by atoms with Crippen molar-refractivity contribution >= 4 is 36.9 Å². The standard InChI is InChI=1S/C20H20BrN5O3S/c1-3-26-19(13(2)25-30(27,28)17-6-4-5-15(21)11-17)23-24-20(26)29-16-8-7-14-9-10-22-18(14)12-16/h4-13,22,25H,3H2,1-2H3/t13-/m1/s1. The fraction of sp³-hybridized carbons (Fsp3) is 0.200. The fourth-order valence-corrected chi connectivity index (χ4v) is 4.97. The summed E-state index contributed by atoms with van der Waals surface area (Å²) >= 11 is 3.30. The summed E-state index contributed by atoms with van der Waals surface area (Å²) in [7, 11) is -3.73. The molecule has 0 saturated carbocycles. The second-order valence-corrected chi connectivity index (χ2v) is 9.34. The first kappa shape index (κ1) is 20.6. The largest absolute Gasteiger partial charge is 0.424 e. The van der Waals surface area contributed by atoms with E-state index in [1.54, 1.807) is 29.7 Å². The Balaban J connectivity index is 1.58. The second-order valence-electron chi connectivity index (χ2n) is 6.71. The molecule has 0 aliphatic carbocycles. The van der Waals surface area contributed by atoms with Gasteiger partial charge in [0.15, 0.2) is 5.82 Å². The average Bonchev–Trinajstić information content (AvgIpc) is 3.34. The molecule has 1 atom stereocenters. The van der Waals surface area contributed by atoms with Crippen LogP contribution in [0.4, 0.5) is 0 Å². The predicted molar refractivity (Wildman–Crippen MR) is 117 cm³/mol. The fourth-order valence-electron chi connectivity index (χ4n) is 3.18. The molecule has 8 nitrogen and oxygen atoms in total. The second kappa shape index (κ2) is 8.21. The van der Waals surface area contributed by atoms with Gasteiger partial charge in [-0.3, -0.25) is 4.57 Å². The molecule has 30 heavy (non-hydrogen) atoms. The van der Waals surface area contributed by atoms with Gasteiger partial charge in [0.25, 0.3) is 0 Å². The highest BCUT2D eigenvalue weighted by Gasteiger charge is 2.24. The van der Waals surface area contributed by atoms with Crippen LogP contribution in [0.3, 0.4) is 0 Å². The van der Waals surface area contributed by atoms with Crippen LogP contribution in [0.15, 0.2) is 64.1 Å². The van der Waals surface area contributed by atoms with Gasteiger partial charge >= 0.3 is 6.01 Å². The van der Waals surface area contributed by atoms with E-state index in [1.165, 1.54) is 6.07 Å². The summed E-state index contributed by atoms with van der Waals surface area (Å²) in [5, 5.41) is 9.38. The van der Waals surface area contributed by atoms with Crippen molar-refractivity contribution in [2.75, 3.05) is 0 Å². The number of benzene rings is 2. The molecule has 2 N–H and O–H groups in total. The van der Waals surface area contributed by atoms with Gasteiger partial charge in [0.05, 0.1) is 10.9 Å². The molecule has 0 saturated heterocycles. The van der Waals surface area contributed by atoms with Gasteiger partial charge in [0, 0.05) is 28.8 Å². The SMILES string of the molecule is CCn1c(Oc2ccc3cc[nH]c3c2)nnc1[C@@H](C)NS(=O)(=O)c1cccc(Br)c1. The number of hydrogen-bond donors (Lipinski definition) is 2. The molecule has 0 spiro atoms. The Morgan fingerprint density at radius 2 is 2.03 bits per heavy atom. The molecule has 0 unspecified atom stereocenters. The van der Waals surface area contributed by atoms with E-state index >= 15 is 0 Å². The van der Waals surface area contributed by atoms with Crippen LogP contribution in [-0.2, 0) is 16.6 Å². The Morgan fingerprint density at radius 3 is 2.80 bits per heavy atom. The van der Waals surface area contributed by atoms with Crippen molar-refractivity contribution in [3.63, 3.8) is 0 Å². The smallest absolute Gasteiger partial charge is 0.322 e. The van der Waals surface area contributed by atoms with Gasteiger partial charge in [-0.05, 0) is 55.6 Å². The highest BCUT2D eigenvalue weighted by molar-refractivity contribution is 9.10. The summed E-state index contributed by atoms with van der Waals surface area (Å²) < 4.78 is 36.5. The van der Waals surface area contributed by atoms with Gasteiger partial charge in [-0.1, -0.05) is 27.1 Å². The zero-order chi connectivity index (χ0) is 21.3. The lowest BCUT2D eigenvalue weighted by Gasteiger charge is -2.15. The molecule has 2 heterocycles. The summed E-state index contributed by atoms with van der Waals surface area (Å²) in [5.41, 5.74) is 0.949. The number of fused-ring (bicyclic) bond motifs is 1. The van der Waals surface area contributed by atoms with E-state index in [1.807, 2.05) is 37.4 Å². The Hall–Kier alpha value is -2.69. The Morgan fingerprint density at radius 1 is 1.20 bits per heavy atom. The molecule has 4 rings (SSSR count). The topological polar surface area (TPSA) is 102 Å². The van der Waals surface area contributed by atoms with Gasteiger partial charge < -0.3 is 9.72 Å². The number of aromatic amines is 1. The number of sulfonamides is 1. The number of ether oxygens (including phenoxy) is 1. The first-order valence-electron chi connectivity index (χ1n) is 9.33. The third-order valence-corrected chi connectivity index (χ3v) is 6.65. The molecule has 2 aromatic carbocycles. The van der Waals surface area contributed by atoms with Gasteiger partial charge in [-0.2, -0.15) is 0 Å². The molecule has 0 aliphatic heterocycles. The third-order valence-electron chi connectivity index (χ3n) is 4.62. The van der Waals surface area contributed by atoms with E-state index in [9.17, 15) is 8.42 Å². The third kappa shape index (κ3) is 4.11. The summed E-state index contributed by atoms with van der Waals surface area (Å²) in [4.78, 5) is 3.31. The van der Waals surface area contributed by atoms with Gasteiger partial charge in [0.2, 0.25) is 10.0 Å². The lowest BCUT2D eigenvalue weighted by molar-refractivity contribution is 0.408. The maximum absolute atomic E-state index is 12.7. The molecule has 2 aromatic heterocycles. The summed E-state index contributed by atoms with van der Waals surface area (Å²) in [6.45, 7) is 4.16. The van der Waals surface area contributed by atoms with Crippen molar-refractivity contribution in [1.29, 1.82) is 0 Å². The number of H-pyrrole nitrogens is 1. The van der Waals surface area contributed by atoms with Gasteiger partial charge in [0.1, 0.15) is 5.75 Å². The molecule has 0 fully saturated rings. The maximum atomic E-state index is 12.7. The summed E-state index contributed by atoms with van der Waals surface area (Å²) in [5.74, 6) is 1.08. The van der Waals surface area contributed by atoms with Crippen molar-refractivity contribution in [3.8, 4) is 11.8 Å². The molecule has 0 radical (unpaired) electrons. The lowest BCUT2D eigenvalue weighted by atomic mass is 10.2. The van der Waals surface area contributed by atoms with Crippen LogP contribution in [0.2, 0.25) is 0 Å². The zero-order valence-electron chi connectivity index (χ0n) is 16.3. The number of nitrogens with zero attached hydrogens (tertiary/aromatic N) is 3. The van der Waals surface area contributed by atoms with Gasteiger partial charge in [-0.15, -0.1) is 5.10 Å². The molecule has 4 aromatic rings. The Labute approximate surface area is 182 Å². The molecule has 0 amide bonds. The number of aromatic nitrogens is 4. The minimum atomic E-state index is -3.73. The summed E-state index contributed by atoms with van der Waals surface area (Å²) in [6.07, 6.45) is 1.86. The molecular weight excluding hydrogens is 470 g/mol. The van der Waals surface area contributed by atoms with Crippen molar-refractivity contribution in [3.05, 3.63) is 65.0 Å². The van der Waals surface area contributed by atoms with Crippen molar-refractivity contribution in [1.82, 2.24) is 24.5 Å². The van der Waals surface area contributed by atoms with E-state index < -0.39 is 16.1 Å². The number of nitrogens with one attached hydrogen (secondary N) is 2. The lowest BCUT2D eigenvalue weighted by Crippen LogP contribution is -2.29. The van der Waals surface area contributed by atoms with E-state index in [-0.39, 0.29) is 4.90 Å². The number of rotatable bonds is 7. The van der Waals surface area contributed by atoms with E-state index in [4.69, 9.17) is 4.74 Å². The van der Waals surface area contributed by atoms with Crippen molar-refractivity contribution in [2.45, 2.75) is 31.3 Å². The van der Waals surface area contributed by atoms with E-state index in [2.05, 4.69) is 35.8 Å². The Bertz CT molecular complexity index is 1300. The minimum Gasteiger partial charge on any atom is -0.424 e. The highest BCUT2D eigenvalue weighted by atomic mass is 79.9. The molecule has 0 aliphatic rings. The number of hydrogen-bond acceptors (Lipinski definition) is 5. The monoisotopic (exact) mass is 489 g/mol.